The van der Waals surface area contributed by atoms with Gasteiger partial charge in [0.2, 0.25) is 0 Å². The summed E-state index contributed by atoms with van der Waals surface area (Å²) in [6.45, 7) is 6.47. The zero-order valence-corrected chi connectivity index (χ0v) is 12.2. The number of hydrogen-bond acceptors (Lipinski definition) is 3. The monoisotopic (exact) mass is 287 g/mol. The standard InChI is InChI=1S/C15H23F2NO2/c1-15(2,3)13(19)9-18-8-11-4-6-12(7-5-11)20-10-14(16)17/h4-7,13-14,18-19H,8-10H2,1-3H3. The van der Waals surface area contributed by atoms with Crippen LogP contribution < -0.4 is 10.1 Å². The number of alkyl halides is 2. The van der Waals surface area contributed by atoms with Crippen LogP contribution in [0.1, 0.15) is 26.3 Å². The number of hydrogen-bond donors (Lipinski definition) is 2. The van der Waals surface area contributed by atoms with Gasteiger partial charge in [-0.25, -0.2) is 8.78 Å². The molecule has 0 spiro atoms. The van der Waals surface area contributed by atoms with E-state index in [9.17, 15) is 13.9 Å². The fraction of sp³-hybridized carbons (Fsp3) is 0.600. The minimum absolute atomic E-state index is 0.153. The van der Waals surface area contributed by atoms with Crippen LogP contribution in [-0.4, -0.2) is 30.8 Å². The third kappa shape index (κ3) is 6.30. The lowest BCUT2D eigenvalue weighted by Crippen LogP contribution is -2.36. The molecule has 1 unspecified atom stereocenters. The molecule has 20 heavy (non-hydrogen) atoms. The Bertz CT molecular complexity index is 388. The van der Waals surface area contributed by atoms with Gasteiger partial charge in [-0.15, -0.1) is 0 Å². The third-order valence-corrected chi connectivity index (χ3v) is 2.97. The fourth-order valence-electron chi connectivity index (χ4n) is 1.52. The highest BCUT2D eigenvalue weighted by Gasteiger charge is 2.21. The number of nitrogens with one attached hydrogen (secondary N) is 1. The molecule has 0 saturated carbocycles. The van der Waals surface area contributed by atoms with Gasteiger partial charge in [0.25, 0.3) is 6.43 Å². The van der Waals surface area contributed by atoms with Crippen LogP contribution in [-0.2, 0) is 6.54 Å². The molecular formula is C15H23F2NO2. The second kappa shape index (κ2) is 7.55. The molecule has 5 heteroatoms. The van der Waals surface area contributed by atoms with Gasteiger partial charge in [-0.1, -0.05) is 32.9 Å². The first-order chi connectivity index (χ1) is 9.29. The van der Waals surface area contributed by atoms with Crippen LogP contribution in [0.5, 0.6) is 5.75 Å². The first-order valence-corrected chi connectivity index (χ1v) is 6.67. The van der Waals surface area contributed by atoms with Gasteiger partial charge in [0.05, 0.1) is 6.10 Å². The van der Waals surface area contributed by atoms with E-state index in [0.29, 0.717) is 18.8 Å². The highest BCUT2D eigenvalue weighted by molar-refractivity contribution is 5.27. The molecule has 1 aromatic rings. The Morgan fingerprint density at radius 1 is 1.20 bits per heavy atom. The first kappa shape index (κ1) is 16.9. The van der Waals surface area contributed by atoms with Crippen LogP contribution in [0.2, 0.25) is 0 Å². The summed E-state index contributed by atoms with van der Waals surface area (Å²) in [5.74, 6) is 0.434. The Morgan fingerprint density at radius 2 is 1.80 bits per heavy atom. The third-order valence-electron chi connectivity index (χ3n) is 2.97. The minimum atomic E-state index is -2.46. The maximum absolute atomic E-state index is 12.0. The summed E-state index contributed by atoms with van der Waals surface area (Å²) in [5, 5.41) is 13.0. The number of halogens is 2. The number of aliphatic hydroxyl groups is 1. The number of rotatable bonds is 7. The average molecular weight is 287 g/mol. The summed E-state index contributed by atoms with van der Waals surface area (Å²) < 4.78 is 28.9. The highest BCUT2D eigenvalue weighted by Crippen LogP contribution is 2.18. The quantitative estimate of drug-likeness (QED) is 0.810. The Kier molecular flexibility index (Phi) is 6.36. The number of ether oxygens (including phenoxy) is 1. The lowest BCUT2D eigenvalue weighted by atomic mass is 9.89. The SMILES string of the molecule is CC(C)(C)C(O)CNCc1ccc(OCC(F)F)cc1. The fourth-order valence-corrected chi connectivity index (χ4v) is 1.52. The molecule has 0 aliphatic carbocycles. The molecule has 1 atom stereocenters. The van der Waals surface area contributed by atoms with Crippen LogP contribution in [0.25, 0.3) is 0 Å². The van der Waals surface area contributed by atoms with E-state index in [0.717, 1.165) is 5.56 Å². The number of aliphatic hydroxyl groups excluding tert-OH is 1. The topological polar surface area (TPSA) is 41.5 Å². The van der Waals surface area contributed by atoms with E-state index in [4.69, 9.17) is 4.74 Å². The number of benzene rings is 1. The van der Waals surface area contributed by atoms with Gasteiger partial charge < -0.3 is 15.2 Å². The Labute approximate surface area is 119 Å². The van der Waals surface area contributed by atoms with Crippen molar-refractivity contribution in [2.45, 2.75) is 39.8 Å². The van der Waals surface area contributed by atoms with Gasteiger partial charge in [-0.3, -0.25) is 0 Å². The van der Waals surface area contributed by atoms with Crippen molar-refractivity contribution in [3.8, 4) is 5.75 Å². The minimum Gasteiger partial charge on any atom is -0.488 e. The van der Waals surface area contributed by atoms with Gasteiger partial charge in [-0.2, -0.15) is 0 Å². The summed E-state index contributed by atoms with van der Waals surface area (Å²) in [6.07, 6.45) is -2.88. The summed E-state index contributed by atoms with van der Waals surface area (Å²) in [5.41, 5.74) is 0.857. The maximum atomic E-state index is 12.0. The Hall–Kier alpha value is -1.20. The molecule has 1 aromatic carbocycles. The molecule has 0 heterocycles. The Morgan fingerprint density at radius 3 is 2.30 bits per heavy atom. The molecule has 3 nitrogen and oxygen atoms in total. The molecule has 1 rings (SSSR count). The highest BCUT2D eigenvalue weighted by atomic mass is 19.3. The normalized spacial score (nSPS) is 13.6. The molecule has 2 N–H and O–H groups in total. The second-order valence-corrected chi connectivity index (χ2v) is 5.86. The van der Waals surface area contributed by atoms with Crippen molar-refractivity contribution in [3.05, 3.63) is 29.8 Å². The smallest absolute Gasteiger partial charge is 0.272 e. The van der Waals surface area contributed by atoms with E-state index in [1.165, 1.54) is 0 Å². The molecule has 0 saturated heterocycles. The molecule has 0 aliphatic heterocycles. The average Bonchev–Trinajstić information content (AvgIpc) is 2.36. The van der Waals surface area contributed by atoms with E-state index in [-0.39, 0.29) is 5.41 Å². The van der Waals surface area contributed by atoms with Gasteiger partial charge in [-0.05, 0) is 23.1 Å². The molecule has 0 bridgehead atoms. The van der Waals surface area contributed by atoms with Gasteiger partial charge in [0, 0.05) is 13.1 Å². The predicted molar refractivity (Wildman–Crippen MR) is 75.1 cm³/mol. The van der Waals surface area contributed by atoms with E-state index < -0.39 is 19.1 Å². The largest absolute Gasteiger partial charge is 0.488 e. The van der Waals surface area contributed by atoms with Crippen LogP contribution in [0.15, 0.2) is 24.3 Å². The van der Waals surface area contributed by atoms with E-state index in [1.807, 2.05) is 32.9 Å². The van der Waals surface area contributed by atoms with Crippen molar-refractivity contribution in [1.29, 1.82) is 0 Å². The van der Waals surface area contributed by atoms with Crippen molar-refractivity contribution < 1.29 is 18.6 Å². The molecule has 114 valence electrons. The van der Waals surface area contributed by atoms with Crippen molar-refractivity contribution in [3.63, 3.8) is 0 Å². The van der Waals surface area contributed by atoms with Crippen LogP contribution in [0, 0.1) is 5.41 Å². The van der Waals surface area contributed by atoms with Gasteiger partial charge >= 0.3 is 0 Å². The molecule has 0 fully saturated rings. The molecule has 0 aliphatic rings. The zero-order chi connectivity index (χ0) is 15.2. The molecular weight excluding hydrogens is 264 g/mol. The molecule has 0 radical (unpaired) electrons. The Balaban J connectivity index is 2.35. The zero-order valence-electron chi connectivity index (χ0n) is 12.2. The summed E-state index contributed by atoms with van der Waals surface area (Å²) in [4.78, 5) is 0. The second-order valence-electron chi connectivity index (χ2n) is 5.86. The van der Waals surface area contributed by atoms with Gasteiger partial charge in [0.1, 0.15) is 12.4 Å². The summed E-state index contributed by atoms with van der Waals surface area (Å²) in [6, 6.07) is 6.97. The summed E-state index contributed by atoms with van der Waals surface area (Å²) in [7, 11) is 0. The lowest BCUT2D eigenvalue weighted by Gasteiger charge is -2.26. The molecule has 0 aromatic heterocycles. The van der Waals surface area contributed by atoms with E-state index in [2.05, 4.69) is 5.32 Å². The van der Waals surface area contributed by atoms with Gasteiger partial charge in [0.15, 0.2) is 0 Å². The van der Waals surface area contributed by atoms with Crippen molar-refractivity contribution >= 4 is 0 Å². The van der Waals surface area contributed by atoms with Crippen LogP contribution >= 0.6 is 0 Å². The van der Waals surface area contributed by atoms with E-state index in [1.54, 1.807) is 12.1 Å². The lowest BCUT2D eigenvalue weighted by molar-refractivity contribution is 0.0627. The summed E-state index contributed by atoms with van der Waals surface area (Å²) >= 11 is 0. The van der Waals surface area contributed by atoms with Crippen LogP contribution in [0.4, 0.5) is 8.78 Å². The first-order valence-electron chi connectivity index (χ1n) is 6.67. The molecule has 0 amide bonds. The van der Waals surface area contributed by atoms with Crippen molar-refractivity contribution in [2.75, 3.05) is 13.2 Å². The van der Waals surface area contributed by atoms with Crippen molar-refractivity contribution in [1.82, 2.24) is 5.32 Å². The maximum Gasteiger partial charge on any atom is 0.272 e. The predicted octanol–water partition coefficient (Wildman–Crippen LogP) is 2.83. The van der Waals surface area contributed by atoms with E-state index >= 15 is 0 Å². The van der Waals surface area contributed by atoms with Crippen LogP contribution in [0.3, 0.4) is 0 Å². The van der Waals surface area contributed by atoms with Crippen molar-refractivity contribution in [2.24, 2.45) is 5.41 Å².